The van der Waals surface area contributed by atoms with Gasteiger partial charge in [0.1, 0.15) is 6.61 Å². The molecule has 0 heterocycles. The van der Waals surface area contributed by atoms with E-state index in [0.29, 0.717) is 22.7 Å². The predicted octanol–water partition coefficient (Wildman–Crippen LogP) is 4.34. The van der Waals surface area contributed by atoms with Gasteiger partial charge < -0.3 is 25.2 Å². The highest BCUT2D eigenvalue weighted by atomic mass is 16.5. The number of hydrogen-bond acceptors (Lipinski definition) is 6. The topological polar surface area (TPSA) is 121 Å². The van der Waals surface area contributed by atoms with Gasteiger partial charge in [-0.3, -0.25) is 4.79 Å². The summed E-state index contributed by atoms with van der Waals surface area (Å²) in [5.74, 6) is -0.844. The summed E-state index contributed by atoms with van der Waals surface area (Å²) in [7, 11) is 1.45. The van der Waals surface area contributed by atoms with E-state index < -0.39 is 12.0 Å². The summed E-state index contributed by atoms with van der Waals surface area (Å²) >= 11 is 0. The molecule has 0 fully saturated rings. The largest absolute Gasteiger partial charge is 0.493 e. The van der Waals surface area contributed by atoms with Crippen molar-refractivity contribution in [2.24, 2.45) is 0 Å². The number of nitrogens with zero attached hydrogens (tertiary/aromatic N) is 1. The smallest absolute Gasteiger partial charge is 0.330 e. The lowest BCUT2D eigenvalue weighted by Gasteiger charge is -2.22. The first-order chi connectivity index (χ1) is 15.9. The molecule has 1 atom stereocenters. The molecule has 0 aliphatic carbocycles. The van der Waals surface area contributed by atoms with E-state index in [9.17, 15) is 14.7 Å². The number of aliphatic carboxylic acids is 1. The molecule has 0 spiro atoms. The Kier molecular flexibility index (Phi) is 7.50. The number of amides is 1. The Balaban J connectivity index is 1.98. The molecular weight excluding hydrogens is 422 g/mol. The molecule has 3 N–H and O–H groups in total. The molecule has 0 aromatic heterocycles. The molecule has 0 aliphatic rings. The lowest BCUT2D eigenvalue weighted by Crippen LogP contribution is -2.23. The Morgan fingerprint density at radius 2 is 1.76 bits per heavy atom. The second kappa shape index (κ2) is 10.7. The Bertz CT molecular complexity index is 1170. The second-order valence-corrected chi connectivity index (χ2v) is 7.15. The lowest BCUT2D eigenvalue weighted by molar-refractivity contribution is -0.138. The van der Waals surface area contributed by atoms with Crippen LogP contribution in [0.3, 0.4) is 0 Å². The average molecular weight is 445 g/mol. The molecule has 8 heteroatoms. The van der Waals surface area contributed by atoms with E-state index >= 15 is 0 Å². The predicted molar refractivity (Wildman–Crippen MR) is 123 cm³/mol. The van der Waals surface area contributed by atoms with Gasteiger partial charge >= 0.3 is 5.97 Å². The first-order valence-corrected chi connectivity index (χ1v) is 10.1. The summed E-state index contributed by atoms with van der Waals surface area (Å²) in [6.07, 6.45) is 0. The second-order valence-electron chi connectivity index (χ2n) is 7.15. The van der Waals surface area contributed by atoms with Gasteiger partial charge in [-0.15, -0.1) is 0 Å². The van der Waals surface area contributed by atoms with Crippen molar-refractivity contribution in [1.29, 1.82) is 5.26 Å². The van der Waals surface area contributed by atoms with Crippen LogP contribution in [0, 0.1) is 11.3 Å². The zero-order valence-electron chi connectivity index (χ0n) is 18.2. The van der Waals surface area contributed by atoms with Crippen molar-refractivity contribution in [2.75, 3.05) is 17.7 Å². The third-order valence-electron chi connectivity index (χ3n) is 4.77. The van der Waals surface area contributed by atoms with Crippen LogP contribution < -0.4 is 20.1 Å². The molecule has 0 radical (unpaired) electrons. The summed E-state index contributed by atoms with van der Waals surface area (Å²) in [4.78, 5) is 24.0. The van der Waals surface area contributed by atoms with Crippen LogP contribution in [0.25, 0.3) is 0 Å². The zero-order chi connectivity index (χ0) is 23.8. The zero-order valence-corrected chi connectivity index (χ0v) is 18.2. The number of carboxylic acid groups (broad SMARTS) is 1. The fourth-order valence-electron chi connectivity index (χ4n) is 3.20. The molecule has 1 amide bonds. The number of methoxy groups -OCH3 is 1. The number of hydrogen-bond donors (Lipinski definition) is 3. The van der Waals surface area contributed by atoms with Crippen molar-refractivity contribution in [3.63, 3.8) is 0 Å². The summed E-state index contributed by atoms with van der Waals surface area (Å²) < 4.78 is 11.4. The quantitative estimate of drug-likeness (QED) is 0.448. The van der Waals surface area contributed by atoms with Crippen LogP contribution in [0.4, 0.5) is 11.4 Å². The molecule has 0 saturated heterocycles. The van der Waals surface area contributed by atoms with Gasteiger partial charge in [-0.25, -0.2) is 4.79 Å². The van der Waals surface area contributed by atoms with Gasteiger partial charge in [-0.05, 0) is 35.9 Å². The molecule has 0 aliphatic heterocycles. The first-order valence-electron chi connectivity index (χ1n) is 10.1. The van der Waals surface area contributed by atoms with Gasteiger partial charge in [0.05, 0.1) is 24.4 Å². The number of benzene rings is 3. The van der Waals surface area contributed by atoms with Crippen molar-refractivity contribution in [3.8, 4) is 17.6 Å². The molecule has 3 aromatic rings. The van der Waals surface area contributed by atoms with Gasteiger partial charge in [0.15, 0.2) is 17.5 Å². The number of rotatable bonds is 9. The molecule has 33 heavy (non-hydrogen) atoms. The first kappa shape index (κ1) is 23.2. The van der Waals surface area contributed by atoms with Crippen molar-refractivity contribution in [1.82, 2.24) is 0 Å². The van der Waals surface area contributed by atoms with Gasteiger partial charge in [0.2, 0.25) is 5.91 Å². The Morgan fingerprint density at radius 3 is 2.33 bits per heavy atom. The number of ether oxygens (including phenoxy) is 2. The maximum absolute atomic E-state index is 12.2. The van der Waals surface area contributed by atoms with Crippen LogP contribution in [0.2, 0.25) is 0 Å². The van der Waals surface area contributed by atoms with Crippen molar-refractivity contribution >= 4 is 23.3 Å². The minimum atomic E-state index is -1.21. The highest BCUT2D eigenvalue weighted by Gasteiger charge is 2.26. The number of nitriles is 1. The van der Waals surface area contributed by atoms with Crippen LogP contribution in [0.5, 0.6) is 11.5 Å². The van der Waals surface area contributed by atoms with Crippen LogP contribution in [-0.2, 0) is 16.2 Å². The van der Waals surface area contributed by atoms with Crippen LogP contribution in [0.15, 0.2) is 66.7 Å². The van der Waals surface area contributed by atoms with E-state index in [1.807, 2.05) is 36.4 Å². The van der Waals surface area contributed by atoms with Crippen LogP contribution >= 0.6 is 0 Å². The molecule has 168 valence electrons. The molecule has 0 bridgehead atoms. The molecule has 8 nitrogen and oxygen atoms in total. The Hall–Kier alpha value is -4.51. The van der Waals surface area contributed by atoms with Gasteiger partial charge in [0, 0.05) is 24.2 Å². The molecule has 1 unspecified atom stereocenters. The van der Waals surface area contributed by atoms with Crippen LogP contribution in [-0.4, -0.2) is 24.1 Å². The molecule has 3 rings (SSSR count). The van der Waals surface area contributed by atoms with E-state index in [1.165, 1.54) is 20.1 Å². The normalized spacial score (nSPS) is 11.1. The highest BCUT2D eigenvalue weighted by Crippen LogP contribution is 2.38. The molecule has 3 aromatic carbocycles. The number of anilines is 2. The number of carbonyl (C=O) groups excluding carboxylic acids is 1. The van der Waals surface area contributed by atoms with Crippen LogP contribution in [0.1, 0.15) is 29.7 Å². The van der Waals surface area contributed by atoms with Crippen molar-refractivity contribution < 1.29 is 24.2 Å². The van der Waals surface area contributed by atoms with E-state index in [4.69, 9.17) is 14.7 Å². The summed E-state index contributed by atoms with van der Waals surface area (Å²) in [6.45, 7) is 1.60. The third kappa shape index (κ3) is 6.02. The average Bonchev–Trinajstić information content (AvgIpc) is 2.82. The van der Waals surface area contributed by atoms with E-state index in [-0.39, 0.29) is 23.8 Å². The van der Waals surface area contributed by atoms with E-state index in [2.05, 4.69) is 10.6 Å². The fraction of sp³-hybridized carbons (Fsp3) is 0.160. The fourth-order valence-corrected chi connectivity index (χ4v) is 3.20. The summed E-state index contributed by atoms with van der Waals surface area (Å²) in [5, 5.41) is 24.5. The third-order valence-corrected chi connectivity index (χ3v) is 4.77. The van der Waals surface area contributed by atoms with E-state index in [0.717, 1.165) is 5.56 Å². The maximum atomic E-state index is 12.2. The van der Waals surface area contributed by atoms with Crippen molar-refractivity contribution in [3.05, 3.63) is 83.4 Å². The van der Waals surface area contributed by atoms with E-state index in [1.54, 1.807) is 30.3 Å². The van der Waals surface area contributed by atoms with Gasteiger partial charge in [0.25, 0.3) is 0 Å². The van der Waals surface area contributed by atoms with Crippen molar-refractivity contribution in [2.45, 2.75) is 19.6 Å². The Labute approximate surface area is 191 Å². The number of carbonyl (C=O) groups is 2. The SMILES string of the molecule is COc1cc(C(Nc2ccc(C#N)cc2)C(=O)O)c(NC(C)=O)cc1OCc1ccccc1. The standard InChI is InChI=1S/C25H23N3O5/c1-16(29)27-21-13-23(33-15-18-6-4-3-5-7-18)22(32-2)12-20(21)24(25(30)31)28-19-10-8-17(14-26)9-11-19/h3-13,24,28H,15H2,1-2H3,(H,27,29)(H,30,31). The molecular formula is C25H23N3O5. The summed E-state index contributed by atoms with van der Waals surface area (Å²) in [6, 6.07) is 19.8. The monoisotopic (exact) mass is 445 g/mol. The minimum absolute atomic E-state index is 0.266. The van der Waals surface area contributed by atoms with Gasteiger partial charge in [-0.2, -0.15) is 5.26 Å². The Morgan fingerprint density at radius 1 is 1.06 bits per heavy atom. The number of nitrogens with one attached hydrogen (secondary N) is 2. The minimum Gasteiger partial charge on any atom is -0.493 e. The van der Waals surface area contributed by atoms with Gasteiger partial charge in [-0.1, -0.05) is 30.3 Å². The summed E-state index contributed by atoms with van der Waals surface area (Å²) in [5.41, 5.74) is 2.45. The molecule has 0 saturated carbocycles. The lowest BCUT2D eigenvalue weighted by atomic mass is 10.0. The highest BCUT2D eigenvalue weighted by molar-refractivity contribution is 5.92. The maximum Gasteiger partial charge on any atom is 0.330 e. The number of carboxylic acids is 1.